The number of carbonyl (C=O) groups is 3. The second kappa shape index (κ2) is 34.1. The molecular formula is C45H80N2O6. The summed E-state index contributed by atoms with van der Waals surface area (Å²) in [5.74, 6) is -0.650. The minimum atomic E-state index is -0.512. The molecule has 306 valence electrons. The van der Waals surface area contributed by atoms with Crippen LogP contribution in [0, 0.1) is 0 Å². The van der Waals surface area contributed by atoms with E-state index in [1.54, 1.807) is 0 Å². The standard InChI is InChI=1S/C45H80N2O6/c1-5-8-11-14-17-20-23-26-39-51-42(48)29-32-45(47-37-35-46(4)36-38-47,33-30-43(49)52-40-27-24-21-18-15-12-9-6-2)34-31-44(50)53-41-28-25-22-19-16-13-10-7-3/h17-22H,5-16,23-41H2,1-4H3/b20-17-,21-18-,22-19-. The highest BCUT2D eigenvalue weighted by Gasteiger charge is 2.39. The minimum Gasteiger partial charge on any atom is -0.466 e. The van der Waals surface area contributed by atoms with Crippen molar-refractivity contribution in [3.8, 4) is 0 Å². The van der Waals surface area contributed by atoms with E-state index in [2.05, 4.69) is 74.1 Å². The molecule has 0 N–H and O–H groups in total. The van der Waals surface area contributed by atoms with E-state index >= 15 is 0 Å². The molecule has 53 heavy (non-hydrogen) atoms. The molecule has 0 atom stereocenters. The van der Waals surface area contributed by atoms with Gasteiger partial charge in [0, 0.05) is 51.0 Å². The molecule has 1 aliphatic heterocycles. The first-order valence-corrected chi connectivity index (χ1v) is 21.7. The molecule has 0 aromatic carbocycles. The number of unbranched alkanes of at least 4 members (excludes halogenated alkanes) is 12. The van der Waals surface area contributed by atoms with Crippen LogP contribution in [-0.2, 0) is 28.6 Å². The number of carbonyl (C=O) groups excluding carboxylic acids is 3. The summed E-state index contributed by atoms with van der Waals surface area (Å²) in [5.41, 5.74) is -0.512. The SMILES string of the molecule is CCCCC/C=C\CCCOC(=O)CCC(CCC(=O)OCCC/C=C\CCCCC)(CCC(=O)OCCC/C=C\CCCCC)N1CCN(C)CC1. The maximum absolute atomic E-state index is 13.0. The average Bonchev–Trinajstić information content (AvgIpc) is 3.16. The number of nitrogens with zero attached hydrogens (tertiary/aromatic N) is 2. The molecule has 0 amide bonds. The molecule has 8 nitrogen and oxygen atoms in total. The lowest BCUT2D eigenvalue weighted by Gasteiger charge is -2.48. The van der Waals surface area contributed by atoms with Gasteiger partial charge in [-0.1, -0.05) is 95.8 Å². The van der Waals surface area contributed by atoms with E-state index in [-0.39, 0.29) is 37.2 Å². The topological polar surface area (TPSA) is 85.4 Å². The predicted molar refractivity (Wildman–Crippen MR) is 220 cm³/mol. The second-order valence-corrected chi connectivity index (χ2v) is 15.0. The molecule has 1 fully saturated rings. The van der Waals surface area contributed by atoms with Crippen LogP contribution < -0.4 is 0 Å². The number of rotatable bonds is 34. The van der Waals surface area contributed by atoms with Crippen molar-refractivity contribution in [3.05, 3.63) is 36.5 Å². The molecule has 0 radical (unpaired) electrons. The number of piperazine rings is 1. The third-order valence-electron chi connectivity index (χ3n) is 10.3. The number of esters is 3. The van der Waals surface area contributed by atoms with Gasteiger partial charge < -0.3 is 19.1 Å². The van der Waals surface area contributed by atoms with Gasteiger partial charge >= 0.3 is 17.9 Å². The summed E-state index contributed by atoms with van der Waals surface area (Å²) in [6, 6.07) is 0. The fraction of sp³-hybridized carbons (Fsp3) is 0.800. The van der Waals surface area contributed by atoms with E-state index in [9.17, 15) is 14.4 Å². The first-order chi connectivity index (χ1) is 25.9. The zero-order valence-electron chi connectivity index (χ0n) is 34.7. The van der Waals surface area contributed by atoms with Crippen LogP contribution in [0.4, 0.5) is 0 Å². The third-order valence-corrected chi connectivity index (χ3v) is 10.3. The Hall–Kier alpha value is -2.45. The summed E-state index contributed by atoms with van der Waals surface area (Å²) < 4.78 is 17.0. The zero-order chi connectivity index (χ0) is 38.7. The van der Waals surface area contributed by atoms with Crippen LogP contribution in [0.1, 0.15) is 175 Å². The van der Waals surface area contributed by atoms with Gasteiger partial charge in [0.25, 0.3) is 0 Å². The summed E-state index contributed by atoms with van der Waals surface area (Å²) in [7, 11) is 2.12. The van der Waals surface area contributed by atoms with Crippen LogP contribution in [0.3, 0.4) is 0 Å². The Morgan fingerprint density at radius 2 is 0.774 bits per heavy atom. The largest absolute Gasteiger partial charge is 0.466 e. The number of likely N-dealkylation sites (N-methyl/N-ethyl adjacent to an activating group) is 1. The second-order valence-electron chi connectivity index (χ2n) is 15.0. The number of hydrogen-bond acceptors (Lipinski definition) is 8. The molecule has 1 rings (SSSR count). The van der Waals surface area contributed by atoms with Crippen molar-refractivity contribution in [2.45, 2.75) is 180 Å². The summed E-state index contributed by atoms with van der Waals surface area (Å²) in [6.45, 7) is 11.3. The maximum Gasteiger partial charge on any atom is 0.305 e. The first-order valence-electron chi connectivity index (χ1n) is 21.7. The summed E-state index contributed by atoms with van der Waals surface area (Å²) in [6.07, 6.45) is 35.2. The van der Waals surface area contributed by atoms with Gasteiger partial charge in [-0.2, -0.15) is 0 Å². The quantitative estimate of drug-likeness (QED) is 0.0279. The highest BCUT2D eigenvalue weighted by Crippen LogP contribution is 2.34. The third kappa shape index (κ3) is 26.9. The van der Waals surface area contributed by atoms with Crippen molar-refractivity contribution >= 4 is 17.9 Å². The van der Waals surface area contributed by atoms with Crippen molar-refractivity contribution < 1.29 is 28.6 Å². The van der Waals surface area contributed by atoms with Gasteiger partial charge in [0.05, 0.1) is 19.8 Å². The monoisotopic (exact) mass is 745 g/mol. The van der Waals surface area contributed by atoms with Gasteiger partial charge in [0.2, 0.25) is 0 Å². The summed E-state index contributed by atoms with van der Waals surface area (Å²) in [5, 5.41) is 0. The Kier molecular flexibility index (Phi) is 31.2. The van der Waals surface area contributed by atoms with E-state index in [0.29, 0.717) is 39.1 Å². The van der Waals surface area contributed by atoms with Crippen molar-refractivity contribution in [3.63, 3.8) is 0 Å². The lowest BCUT2D eigenvalue weighted by Crippen LogP contribution is -2.57. The Morgan fingerprint density at radius 3 is 1.08 bits per heavy atom. The molecular weight excluding hydrogens is 665 g/mol. The van der Waals surface area contributed by atoms with Crippen molar-refractivity contribution in [2.75, 3.05) is 53.0 Å². The lowest BCUT2D eigenvalue weighted by atomic mass is 9.81. The van der Waals surface area contributed by atoms with Crippen molar-refractivity contribution in [1.29, 1.82) is 0 Å². The van der Waals surface area contributed by atoms with E-state index in [4.69, 9.17) is 14.2 Å². The van der Waals surface area contributed by atoms with Crippen LogP contribution in [0.15, 0.2) is 36.5 Å². The lowest BCUT2D eigenvalue weighted by molar-refractivity contribution is -0.146. The Bertz CT molecular complexity index is 894. The average molecular weight is 745 g/mol. The molecule has 0 saturated carbocycles. The number of allylic oxidation sites excluding steroid dienone is 6. The van der Waals surface area contributed by atoms with Gasteiger partial charge in [0.1, 0.15) is 0 Å². The fourth-order valence-electron chi connectivity index (χ4n) is 6.76. The van der Waals surface area contributed by atoms with Gasteiger partial charge in [-0.05, 0) is 103 Å². The first kappa shape index (κ1) is 48.6. The van der Waals surface area contributed by atoms with Crippen LogP contribution in [-0.4, -0.2) is 86.3 Å². The molecule has 0 spiro atoms. The fourth-order valence-corrected chi connectivity index (χ4v) is 6.76. The highest BCUT2D eigenvalue weighted by atomic mass is 16.5. The smallest absolute Gasteiger partial charge is 0.305 e. The number of ether oxygens (including phenoxy) is 3. The van der Waals surface area contributed by atoms with Gasteiger partial charge in [-0.15, -0.1) is 0 Å². The van der Waals surface area contributed by atoms with Gasteiger partial charge in [0.15, 0.2) is 0 Å². The minimum absolute atomic E-state index is 0.217. The van der Waals surface area contributed by atoms with Gasteiger partial charge in [-0.3, -0.25) is 19.3 Å². The van der Waals surface area contributed by atoms with Crippen LogP contribution >= 0.6 is 0 Å². The molecule has 8 heteroatoms. The molecule has 1 aliphatic rings. The van der Waals surface area contributed by atoms with Crippen molar-refractivity contribution in [1.82, 2.24) is 9.80 Å². The van der Waals surface area contributed by atoms with E-state index in [0.717, 1.165) is 84.0 Å². The molecule has 0 bridgehead atoms. The Balaban J connectivity index is 2.82. The highest BCUT2D eigenvalue weighted by molar-refractivity contribution is 5.71. The van der Waals surface area contributed by atoms with E-state index in [1.165, 1.54) is 57.8 Å². The number of hydrogen-bond donors (Lipinski definition) is 0. The van der Waals surface area contributed by atoms with E-state index < -0.39 is 5.54 Å². The molecule has 0 aromatic heterocycles. The molecule has 1 heterocycles. The Labute approximate surface area is 325 Å². The van der Waals surface area contributed by atoms with E-state index in [1.807, 2.05) is 0 Å². The summed E-state index contributed by atoms with van der Waals surface area (Å²) >= 11 is 0. The zero-order valence-corrected chi connectivity index (χ0v) is 34.7. The predicted octanol–water partition coefficient (Wildman–Crippen LogP) is 10.7. The normalized spacial score (nSPS) is 14.5. The molecule has 0 aliphatic carbocycles. The molecule has 0 aromatic rings. The molecule has 1 saturated heterocycles. The Morgan fingerprint density at radius 1 is 0.472 bits per heavy atom. The van der Waals surface area contributed by atoms with Crippen LogP contribution in [0.5, 0.6) is 0 Å². The molecule has 0 unspecified atom stereocenters. The van der Waals surface area contributed by atoms with Gasteiger partial charge in [-0.25, -0.2) is 0 Å². The van der Waals surface area contributed by atoms with Crippen LogP contribution in [0.25, 0.3) is 0 Å². The maximum atomic E-state index is 13.0. The summed E-state index contributed by atoms with van der Waals surface area (Å²) in [4.78, 5) is 43.9. The van der Waals surface area contributed by atoms with Crippen LogP contribution in [0.2, 0.25) is 0 Å². The van der Waals surface area contributed by atoms with Crippen molar-refractivity contribution in [2.24, 2.45) is 0 Å².